The lowest BCUT2D eigenvalue weighted by Crippen LogP contribution is -2.40. The lowest BCUT2D eigenvalue weighted by atomic mass is 9.98. The van der Waals surface area contributed by atoms with E-state index in [0.29, 0.717) is 23.2 Å². The molecule has 9 nitrogen and oxygen atoms in total. The summed E-state index contributed by atoms with van der Waals surface area (Å²) in [7, 11) is 1.78. The van der Waals surface area contributed by atoms with Crippen molar-refractivity contribution in [2.24, 2.45) is 5.92 Å². The molecular weight excluding hydrogens is 514 g/mol. The number of hydrogen-bond donors (Lipinski definition) is 2. The minimum Gasteiger partial charge on any atom is -0.458 e. The number of carbonyl (C=O) groups excluding carboxylic acids is 1. The second-order valence-electron chi connectivity index (χ2n) is 9.69. The normalized spacial score (nSPS) is 12.8. The largest absolute Gasteiger partial charge is 0.458 e. The summed E-state index contributed by atoms with van der Waals surface area (Å²) in [6.07, 6.45) is 3.71. The molecule has 4 aromatic rings. The van der Waals surface area contributed by atoms with E-state index in [-0.39, 0.29) is 24.5 Å². The Morgan fingerprint density at radius 3 is 2.51 bits per heavy atom. The van der Waals surface area contributed by atoms with Crippen molar-refractivity contribution in [3.63, 3.8) is 0 Å². The van der Waals surface area contributed by atoms with E-state index >= 15 is 0 Å². The van der Waals surface area contributed by atoms with Crippen LogP contribution in [0, 0.1) is 5.92 Å². The Labute approximate surface area is 234 Å². The summed E-state index contributed by atoms with van der Waals surface area (Å²) in [4.78, 5) is 17.5. The molecule has 0 saturated heterocycles. The van der Waals surface area contributed by atoms with Gasteiger partial charge in [-0.3, -0.25) is 4.79 Å². The molecule has 0 amide bonds. The van der Waals surface area contributed by atoms with E-state index in [1.54, 1.807) is 7.05 Å². The number of rotatable bonds is 13. The van der Waals surface area contributed by atoms with Crippen molar-refractivity contribution >= 4 is 17.6 Å². The van der Waals surface area contributed by atoms with Gasteiger partial charge in [-0.05, 0) is 41.3 Å². The molecule has 10 heteroatoms. The van der Waals surface area contributed by atoms with Gasteiger partial charge >= 0.3 is 5.97 Å². The zero-order valence-electron chi connectivity index (χ0n) is 22.9. The number of likely N-dealkylation sites (N-methyl/N-ethyl adjacent to an activating group) is 1. The molecule has 0 aliphatic heterocycles. The first-order chi connectivity index (χ1) is 19.0. The number of imidazole rings is 1. The lowest BCUT2D eigenvalue weighted by molar-refractivity contribution is -0.149. The standard InChI is InChI=1S/C29H36ClN7O2/c1-5-7-12-25-32-27(30)24(18-39-29(38)26(31-4)19(3)6-2)37(25)17-20-13-15-21(16-14-20)22-10-8-9-11-23(22)28-33-35-36-34-28/h8-11,13-16,19,26,31H,5-7,12,17-18H2,1-4H3,(H,33,34,35,36)/t19-,26+/m0/s1. The van der Waals surface area contributed by atoms with Crippen LogP contribution in [-0.4, -0.2) is 49.2 Å². The molecule has 0 unspecified atom stereocenters. The average Bonchev–Trinajstić information content (AvgIpc) is 3.60. The van der Waals surface area contributed by atoms with Crippen molar-refractivity contribution < 1.29 is 9.53 Å². The van der Waals surface area contributed by atoms with Gasteiger partial charge in [0.25, 0.3) is 0 Å². The van der Waals surface area contributed by atoms with Crippen LogP contribution in [0.2, 0.25) is 5.15 Å². The number of tetrazole rings is 1. The number of nitrogens with one attached hydrogen (secondary N) is 2. The number of halogens is 1. The van der Waals surface area contributed by atoms with E-state index in [1.807, 2.05) is 31.2 Å². The third-order valence-corrected chi connectivity index (χ3v) is 7.41. The Morgan fingerprint density at radius 1 is 1.13 bits per heavy atom. The third-order valence-electron chi connectivity index (χ3n) is 7.10. The zero-order chi connectivity index (χ0) is 27.8. The van der Waals surface area contributed by atoms with Crippen molar-refractivity contribution in [1.82, 2.24) is 35.5 Å². The number of unbranched alkanes of at least 4 members (excludes halogenated alkanes) is 1. The van der Waals surface area contributed by atoms with Crippen LogP contribution in [0.25, 0.3) is 22.5 Å². The summed E-state index contributed by atoms with van der Waals surface area (Å²) in [5.74, 6) is 1.32. The molecule has 0 fully saturated rings. The van der Waals surface area contributed by atoms with Crippen LogP contribution in [0.1, 0.15) is 57.1 Å². The molecular formula is C29H36ClN7O2. The van der Waals surface area contributed by atoms with Crippen LogP contribution in [-0.2, 0) is 29.1 Å². The Morgan fingerprint density at radius 2 is 1.87 bits per heavy atom. The molecule has 2 heterocycles. The molecule has 0 saturated carbocycles. The smallest absolute Gasteiger partial charge is 0.323 e. The molecule has 2 N–H and O–H groups in total. The number of nitrogens with zero attached hydrogens (tertiary/aromatic N) is 5. The Kier molecular flexibility index (Phi) is 9.84. The first-order valence-electron chi connectivity index (χ1n) is 13.5. The highest BCUT2D eigenvalue weighted by molar-refractivity contribution is 6.30. The fraction of sp³-hybridized carbons (Fsp3) is 0.414. The van der Waals surface area contributed by atoms with Crippen LogP contribution >= 0.6 is 11.6 Å². The molecule has 4 rings (SSSR count). The molecule has 2 aromatic carbocycles. The van der Waals surface area contributed by atoms with Gasteiger partial charge < -0.3 is 14.6 Å². The van der Waals surface area contributed by atoms with Gasteiger partial charge in [0.15, 0.2) is 5.15 Å². The minimum atomic E-state index is -0.368. The monoisotopic (exact) mass is 549 g/mol. The summed E-state index contributed by atoms with van der Waals surface area (Å²) in [6.45, 7) is 6.88. The summed E-state index contributed by atoms with van der Waals surface area (Å²) in [5.41, 5.74) is 4.77. The SMILES string of the molecule is CCCCc1nc(Cl)c(COC(=O)[C@H](NC)[C@@H](C)CC)n1Cc1ccc(-c2ccccc2-c2nn[nH]n2)cc1. The number of carbonyl (C=O) groups is 1. The number of aromatic nitrogens is 6. The number of aryl methyl sites for hydroxylation is 1. The Hall–Kier alpha value is -3.56. The zero-order valence-corrected chi connectivity index (χ0v) is 23.7. The maximum absolute atomic E-state index is 12.8. The van der Waals surface area contributed by atoms with E-state index in [9.17, 15) is 4.79 Å². The number of benzene rings is 2. The van der Waals surface area contributed by atoms with Gasteiger partial charge in [0, 0.05) is 18.5 Å². The van der Waals surface area contributed by atoms with E-state index in [4.69, 9.17) is 16.3 Å². The average molecular weight is 550 g/mol. The van der Waals surface area contributed by atoms with Crippen molar-refractivity contribution in [1.29, 1.82) is 0 Å². The first-order valence-corrected chi connectivity index (χ1v) is 13.8. The van der Waals surface area contributed by atoms with Crippen molar-refractivity contribution in [3.05, 3.63) is 70.8 Å². The highest BCUT2D eigenvalue weighted by atomic mass is 35.5. The molecule has 0 aliphatic carbocycles. The quantitative estimate of drug-likeness (QED) is 0.213. The van der Waals surface area contributed by atoms with E-state index < -0.39 is 0 Å². The Bertz CT molecular complexity index is 1350. The van der Waals surface area contributed by atoms with E-state index in [0.717, 1.165) is 53.8 Å². The van der Waals surface area contributed by atoms with Gasteiger partial charge in [0.2, 0.25) is 5.82 Å². The van der Waals surface area contributed by atoms with E-state index in [2.05, 4.69) is 73.6 Å². The molecule has 0 bridgehead atoms. The van der Waals surface area contributed by atoms with Crippen LogP contribution < -0.4 is 5.32 Å². The predicted octanol–water partition coefficient (Wildman–Crippen LogP) is 5.45. The van der Waals surface area contributed by atoms with Crippen molar-refractivity contribution in [2.75, 3.05) is 7.05 Å². The van der Waals surface area contributed by atoms with Crippen molar-refractivity contribution in [3.8, 4) is 22.5 Å². The molecule has 2 aromatic heterocycles. The number of hydrogen-bond acceptors (Lipinski definition) is 7. The molecule has 0 spiro atoms. The van der Waals surface area contributed by atoms with Crippen molar-refractivity contribution in [2.45, 2.75) is 65.6 Å². The van der Waals surface area contributed by atoms with Gasteiger partial charge in [-0.25, -0.2) is 4.98 Å². The molecule has 2 atom stereocenters. The van der Waals surface area contributed by atoms with Gasteiger partial charge in [-0.15, -0.1) is 10.2 Å². The molecule has 39 heavy (non-hydrogen) atoms. The lowest BCUT2D eigenvalue weighted by Gasteiger charge is -2.21. The summed E-state index contributed by atoms with van der Waals surface area (Å²) in [5, 5.41) is 18.0. The topological polar surface area (TPSA) is 111 Å². The third kappa shape index (κ3) is 6.72. The second kappa shape index (κ2) is 13.5. The fourth-order valence-corrected chi connectivity index (χ4v) is 4.89. The maximum atomic E-state index is 12.8. The highest BCUT2D eigenvalue weighted by Crippen LogP contribution is 2.30. The minimum absolute atomic E-state index is 0.0710. The van der Waals surface area contributed by atoms with Gasteiger partial charge in [-0.2, -0.15) is 5.21 Å². The molecule has 0 aliphatic rings. The van der Waals surface area contributed by atoms with Gasteiger partial charge in [0.05, 0.1) is 5.69 Å². The molecule has 206 valence electrons. The van der Waals surface area contributed by atoms with Gasteiger partial charge in [0.1, 0.15) is 18.5 Å². The highest BCUT2D eigenvalue weighted by Gasteiger charge is 2.25. The summed E-state index contributed by atoms with van der Waals surface area (Å²) < 4.78 is 7.83. The van der Waals surface area contributed by atoms with Crippen LogP contribution in [0.5, 0.6) is 0 Å². The fourth-order valence-electron chi connectivity index (χ4n) is 4.63. The number of aromatic amines is 1. The molecule has 0 radical (unpaired) electrons. The Balaban J connectivity index is 1.57. The maximum Gasteiger partial charge on any atom is 0.323 e. The van der Waals surface area contributed by atoms with Crippen LogP contribution in [0.3, 0.4) is 0 Å². The first kappa shape index (κ1) is 28.4. The number of ether oxygens (including phenoxy) is 1. The van der Waals surface area contributed by atoms with Gasteiger partial charge in [-0.1, -0.05) is 93.7 Å². The summed E-state index contributed by atoms with van der Waals surface area (Å²) in [6, 6.07) is 16.0. The number of esters is 1. The van der Waals surface area contributed by atoms with E-state index in [1.165, 1.54) is 0 Å². The second-order valence-corrected chi connectivity index (χ2v) is 10.1. The number of H-pyrrole nitrogens is 1. The van der Waals surface area contributed by atoms with Crippen LogP contribution in [0.4, 0.5) is 0 Å². The summed E-state index contributed by atoms with van der Waals surface area (Å²) >= 11 is 6.60. The predicted molar refractivity (Wildman–Crippen MR) is 152 cm³/mol. The van der Waals surface area contributed by atoms with Crippen LogP contribution in [0.15, 0.2) is 48.5 Å².